The molecule has 0 spiro atoms. The molecule has 0 radical (unpaired) electrons. The highest BCUT2D eigenvalue weighted by atomic mass is 15.3. The van der Waals surface area contributed by atoms with Crippen LogP contribution in [-0.2, 0) is 0 Å². The molecule has 0 aromatic carbocycles. The molecule has 3 nitrogen and oxygen atoms in total. The Morgan fingerprint density at radius 3 is 2.28 bits per heavy atom. The van der Waals surface area contributed by atoms with Crippen molar-refractivity contribution < 1.29 is 0 Å². The summed E-state index contributed by atoms with van der Waals surface area (Å²) in [6.45, 7) is 8.75. The second-order valence-electron chi connectivity index (χ2n) is 6.54. The van der Waals surface area contributed by atoms with Gasteiger partial charge in [-0.05, 0) is 32.6 Å². The van der Waals surface area contributed by atoms with Crippen LogP contribution in [0.25, 0.3) is 0 Å². The monoisotopic (exact) mass is 251 g/mol. The highest BCUT2D eigenvalue weighted by molar-refractivity contribution is 4.86. The molecular formula is C15H29N3. The fraction of sp³-hybridized carbons (Fsp3) is 1.00. The van der Waals surface area contributed by atoms with E-state index < -0.39 is 0 Å². The Morgan fingerprint density at radius 2 is 1.67 bits per heavy atom. The summed E-state index contributed by atoms with van der Waals surface area (Å²) in [5.74, 6) is 0. The predicted molar refractivity (Wildman–Crippen MR) is 75.9 cm³/mol. The number of rotatable bonds is 5. The molecule has 3 fully saturated rings. The van der Waals surface area contributed by atoms with Crippen molar-refractivity contribution in [2.45, 2.75) is 63.6 Å². The quantitative estimate of drug-likeness (QED) is 0.802. The molecule has 2 aliphatic carbocycles. The maximum absolute atomic E-state index is 3.66. The first kappa shape index (κ1) is 12.9. The Morgan fingerprint density at radius 1 is 1.00 bits per heavy atom. The lowest BCUT2D eigenvalue weighted by Gasteiger charge is -2.40. The number of nitrogens with one attached hydrogen (secondary N) is 1. The third-order valence-electron chi connectivity index (χ3n) is 5.09. The van der Waals surface area contributed by atoms with Crippen LogP contribution in [0, 0.1) is 0 Å². The zero-order valence-electron chi connectivity index (χ0n) is 11.9. The van der Waals surface area contributed by atoms with Crippen LogP contribution in [0.15, 0.2) is 0 Å². The Balaban J connectivity index is 1.38. The molecule has 0 amide bonds. The smallest absolute Gasteiger partial charge is 0.0193 e. The Kier molecular flexibility index (Phi) is 4.22. The third kappa shape index (κ3) is 3.25. The molecule has 1 saturated heterocycles. The molecule has 104 valence electrons. The molecule has 1 heterocycles. The van der Waals surface area contributed by atoms with E-state index in [1.54, 1.807) is 0 Å². The minimum atomic E-state index is 0.719. The van der Waals surface area contributed by atoms with E-state index in [4.69, 9.17) is 0 Å². The summed E-state index contributed by atoms with van der Waals surface area (Å²) in [6.07, 6.45) is 8.65. The molecule has 3 rings (SSSR count). The van der Waals surface area contributed by atoms with E-state index in [1.807, 2.05) is 0 Å². The lowest BCUT2D eigenvalue weighted by atomic mass is 10.1. The van der Waals surface area contributed by atoms with E-state index >= 15 is 0 Å². The van der Waals surface area contributed by atoms with Crippen molar-refractivity contribution in [3.8, 4) is 0 Å². The van der Waals surface area contributed by atoms with Crippen LogP contribution in [0.1, 0.15) is 45.4 Å². The molecule has 1 N–H and O–H groups in total. The summed E-state index contributed by atoms with van der Waals surface area (Å²) >= 11 is 0. The van der Waals surface area contributed by atoms with Crippen molar-refractivity contribution in [3.05, 3.63) is 0 Å². The summed E-state index contributed by atoms with van der Waals surface area (Å²) in [4.78, 5) is 5.44. The summed E-state index contributed by atoms with van der Waals surface area (Å²) in [5, 5.41) is 3.66. The van der Waals surface area contributed by atoms with E-state index in [-0.39, 0.29) is 0 Å². The van der Waals surface area contributed by atoms with E-state index in [9.17, 15) is 0 Å². The number of hydrogen-bond acceptors (Lipinski definition) is 3. The summed E-state index contributed by atoms with van der Waals surface area (Å²) < 4.78 is 0. The fourth-order valence-electron chi connectivity index (χ4n) is 3.57. The van der Waals surface area contributed by atoms with Gasteiger partial charge in [0, 0.05) is 50.8 Å². The molecule has 18 heavy (non-hydrogen) atoms. The fourth-order valence-corrected chi connectivity index (χ4v) is 3.57. The van der Waals surface area contributed by atoms with Crippen LogP contribution in [0.5, 0.6) is 0 Å². The first-order valence-electron chi connectivity index (χ1n) is 8.04. The highest BCUT2D eigenvalue weighted by Crippen LogP contribution is 2.24. The van der Waals surface area contributed by atoms with Crippen LogP contribution in [0.3, 0.4) is 0 Å². The average Bonchev–Trinajstić information content (AvgIpc) is 3.08. The lowest BCUT2D eigenvalue weighted by molar-refractivity contribution is 0.0749. The van der Waals surface area contributed by atoms with Gasteiger partial charge in [0.15, 0.2) is 0 Å². The largest absolute Gasteiger partial charge is 0.312 e. The van der Waals surface area contributed by atoms with Crippen molar-refractivity contribution in [1.29, 1.82) is 0 Å². The normalized spacial score (nSPS) is 29.8. The molecule has 1 aliphatic heterocycles. The molecule has 0 aromatic rings. The maximum atomic E-state index is 3.66. The second kappa shape index (κ2) is 5.89. The van der Waals surface area contributed by atoms with E-state index in [0.717, 1.165) is 18.1 Å². The van der Waals surface area contributed by atoms with Crippen LogP contribution in [-0.4, -0.2) is 60.6 Å². The van der Waals surface area contributed by atoms with Gasteiger partial charge in [0.05, 0.1) is 0 Å². The third-order valence-corrected chi connectivity index (χ3v) is 5.09. The van der Waals surface area contributed by atoms with Crippen LogP contribution >= 0.6 is 0 Å². The minimum Gasteiger partial charge on any atom is -0.312 e. The zero-order chi connectivity index (χ0) is 12.4. The van der Waals surface area contributed by atoms with Gasteiger partial charge >= 0.3 is 0 Å². The Labute approximate surface area is 112 Å². The van der Waals surface area contributed by atoms with E-state index in [2.05, 4.69) is 22.0 Å². The number of piperazine rings is 1. The standard InChI is InChI=1S/C15H29N3/c1-13(12-16-14-6-7-14)17-8-10-18(11-9-17)15-4-2-3-5-15/h13-16H,2-12H2,1H3. The van der Waals surface area contributed by atoms with E-state index in [1.165, 1.54) is 71.2 Å². The topological polar surface area (TPSA) is 18.5 Å². The van der Waals surface area contributed by atoms with Crippen molar-refractivity contribution in [3.63, 3.8) is 0 Å². The molecular weight excluding hydrogens is 222 g/mol. The molecule has 3 aliphatic rings. The van der Waals surface area contributed by atoms with Crippen molar-refractivity contribution in [2.24, 2.45) is 0 Å². The van der Waals surface area contributed by atoms with Gasteiger partial charge in [0.25, 0.3) is 0 Å². The average molecular weight is 251 g/mol. The van der Waals surface area contributed by atoms with Gasteiger partial charge in [0.2, 0.25) is 0 Å². The second-order valence-corrected chi connectivity index (χ2v) is 6.54. The molecule has 2 saturated carbocycles. The van der Waals surface area contributed by atoms with Gasteiger partial charge in [-0.2, -0.15) is 0 Å². The van der Waals surface area contributed by atoms with Crippen molar-refractivity contribution in [1.82, 2.24) is 15.1 Å². The Bertz CT molecular complexity index is 250. The molecule has 3 heteroatoms. The molecule has 1 unspecified atom stereocenters. The first-order chi connectivity index (χ1) is 8.83. The maximum Gasteiger partial charge on any atom is 0.0193 e. The first-order valence-corrected chi connectivity index (χ1v) is 8.04. The van der Waals surface area contributed by atoms with Crippen molar-refractivity contribution >= 4 is 0 Å². The lowest BCUT2D eigenvalue weighted by Crippen LogP contribution is -2.54. The SMILES string of the molecule is CC(CNC1CC1)N1CCN(C2CCCC2)CC1. The van der Waals surface area contributed by atoms with Gasteiger partial charge < -0.3 is 5.32 Å². The van der Waals surface area contributed by atoms with Gasteiger partial charge in [0.1, 0.15) is 0 Å². The minimum absolute atomic E-state index is 0.719. The summed E-state index contributed by atoms with van der Waals surface area (Å²) in [6, 6.07) is 2.50. The van der Waals surface area contributed by atoms with Gasteiger partial charge in [-0.1, -0.05) is 12.8 Å². The van der Waals surface area contributed by atoms with Crippen LogP contribution < -0.4 is 5.32 Å². The number of hydrogen-bond donors (Lipinski definition) is 1. The van der Waals surface area contributed by atoms with Gasteiger partial charge in [-0.25, -0.2) is 0 Å². The van der Waals surface area contributed by atoms with Gasteiger partial charge in [-0.15, -0.1) is 0 Å². The van der Waals surface area contributed by atoms with Crippen LogP contribution in [0.4, 0.5) is 0 Å². The zero-order valence-corrected chi connectivity index (χ0v) is 11.9. The highest BCUT2D eigenvalue weighted by Gasteiger charge is 2.28. The summed E-state index contributed by atoms with van der Waals surface area (Å²) in [7, 11) is 0. The van der Waals surface area contributed by atoms with Gasteiger partial charge in [-0.3, -0.25) is 9.80 Å². The van der Waals surface area contributed by atoms with Crippen LogP contribution in [0.2, 0.25) is 0 Å². The predicted octanol–water partition coefficient (Wildman–Crippen LogP) is 1.69. The molecule has 1 atom stereocenters. The molecule has 0 bridgehead atoms. The summed E-state index contributed by atoms with van der Waals surface area (Å²) in [5.41, 5.74) is 0. The number of nitrogens with zero attached hydrogens (tertiary/aromatic N) is 2. The van der Waals surface area contributed by atoms with E-state index in [0.29, 0.717) is 0 Å². The molecule has 0 aromatic heterocycles. The Hall–Kier alpha value is -0.120. The van der Waals surface area contributed by atoms with Crippen molar-refractivity contribution in [2.75, 3.05) is 32.7 Å².